The van der Waals surface area contributed by atoms with Gasteiger partial charge < -0.3 is 9.26 Å². The standard InChI is InChI=1S/C23H23N3O2/c1-15-13-19(18-7-5-6-8-20(18)24-15)22-25-21(28-26-22)14-27-17-11-9-16(10-12-17)23(2,3)4/h5-13H,14H2,1-4H3. The van der Waals surface area contributed by atoms with Crippen molar-refractivity contribution in [2.75, 3.05) is 0 Å². The maximum atomic E-state index is 5.81. The van der Waals surface area contributed by atoms with Crippen molar-refractivity contribution < 1.29 is 9.26 Å². The summed E-state index contributed by atoms with van der Waals surface area (Å²) in [4.78, 5) is 9.07. The molecule has 0 amide bonds. The Bertz CT molecular complexity index is 1110. The minimum absolute atomic E-state index is 0.116. The van der Waals surface area contributed by atoms with Crippen molar-refractivity contribution in [2.45, 2.75) is 39.7 Å². The molecule has 0 aliphatic carbocycles. The second kappa shape index (κ2) is 7.08. The van der Waals surface area contributed by atoms with Crippen LogP contribution < -0.4 is 4.74 Å². The highest BCUT2D eigenvalue weighted by Crippen LogP contribution is 2.27. The van der Waals surface area contributed by atoms with Crippen LogP contribution in [0, 0.1) is 6.92 Å². The molecule has 0 bridgehead atoms. The van der Waals surface area contributed by atoms with Crippen LogP contribution in [0.15, 0.2) is 59.1 Å². The molecule has 5 nitrogen and oxygen atoms in total. The average molecular weight is 373 g/mol. The maximum absolute atomic E-state index is 5.81. The third-order valence-corrected chi connectivity index (χ3v) is 4.64. The van der Waals surface area contributed by atoms with Gasteiger partial charge in [0, 0.05) is 16.6 Å². The van der Waals surface area contributed by atoms with Crippen LogP contribution in [0.1, 0.15) is 37.9 Å². The molecule has 4 aromatic rings. The average Bonchev–Trinajstić information content (AvgIpc) is 3.14. The summed E-state index contributed by atoms with van der Waals surface area (Å²) in [6.07, 6.45) is 0. The highest BCUT2D eigenvalue weighted by molar-refractivity contribution is 5.92. The summed E-state index contributed by atoms with van der Waals surface area (Å²) >= 11 is 0. The van der Waals surface area contributed by atoms with E-state index in [4.69, 9.17) is 9.26 Å². The van der Waals surface area contributed by atoms with E-state index >= 15 is 0 Å². The minimum atomic E-state index is 0.116. The van der Waals surface area contributed by atoms with Crippen molar-refractivity contribution in [3.05, 3.63) is 71.7 Å². The van der Waals surface area contributed by atoms with Gasteiger partial charge in [-0.15, -0.1) is 0 Å². The lowest BCUT2D eigenvalue weighted by Crippen LogP contribution is -2.10. The number of hydrogen-bond donors (Lipinski definition) is 0. The number of rotatable bonds is 4. The number of pyridine rings is 1. The molecule has 0 spiro atoms. The second-order valence-electron chi connectivity index (χ2n) is 7.90. The van der Waals surface area contributed by atoms with E-state index in [1.807, 2.05) is 49.4 Å². The number of aromatic nitrogens is 3. The van der Waals surface area contributed by atoms with Crippen LogP contribution in [0.2, 0.25) is 0 Å². The van der Waals surface area contributed by atoms with Gasteiger partial charge in [0.1, 0.15) is 5.75 Å². The molecule has 2 aromatic carbocycles. The molecule has 0 atom stereocenters. The number of ether oxygens (including phenoxy) is 1. The molecule has 0 aliphatic heterocycles. The summed E-state index contributed by atoms with van der Waals surface area (Å²) in [6, 6.07) is 18.0. The lowest BCUT2D eigenvalue weighted by atomic mass is 9.87. The Morgan fingerprint density at radius 2 is 1.71 bits per heavy atom. The van der Waals surface area contributed by atoms with Gasteiger partial charge in [0.25, 0.3) is 5.89 Å². The zero-order chi connectivity index (χ0) is 19.7. The molecule has 2 aromatic heterocycles. The fourth-order valence-electron chi connectivity index (χ4n) is 3.11. The predicted molar refractivity (Wildman–Crippen MR) is 109 cm³/mol. The van der Waals surface area contributed by atoms with Crippen molar-refractivity contribution >= 4 is 10.9 Å². The first kappa shape index (κ1) is 18.2. The summed E-state index contributed by atoms with van der Waals surface area (Å²) in [5, 5.41) is 5.14. The number of benzene rings is 2. The molecular formula is C23H23N3O2. The molecule has 5 heteroatoms. The molecule has 0 aliphatic rings. The van der Waals surface area contributed by atoms with E-state index in [0.29, 0.717) is 11.7 Å². The van der Waals surface area contributed by atoms with Gasteiger partial charge in [-0.2, -0.15) is 4.98 Å². The highest BCUT2D eigenvalue weighted by atomic mass is 16.5. The molecule has 4 rings (SSSR count). The summed E-state index contributed by atoms with van der Waals surface area (Å²) in [6.45, 7) is 8.75. The Kier molecular flexibility index (Phi) is 4.59. The van der Waals surface area contributed by atoms with Gasteiger partial charge in [-0.05, 0) is 42.2 Å². The molecule has 0 unspecified atom stereocenters. The first-order chi connectivity index (χ1) is 13.4. The summed E-state index contributed by atoms with van der Waals surface area (Å²) in [7, 11) is 0. The normalized spacial score (nSPS) is 11.7. The first-order valence-corrected chi connectivity index (χ1v) is 9.33. The van der Waals surface area contributed by atoms with Gasteiger partial charge in [0.15, 0.2) is 6.61 Å². The molecule has 0 fully saturated rings. The molecule has 0 N–H and O–H groups in total. The zero-order valence-electron chi connectivity index (χ0n) is 16.6. The van der Waals surface area contributed by atoms with E-state index < -0.39 is 0 Å². The predicted octanol–water partition coefficient (Wildman–Crippen LogP) is 5.47. The topological polar surface area (TPSA) is 61.0 Å². The maximum Gasteiger partial charge on any atom is 0.264 e. The molecule has 28 heavy (non-hydrogen) atoms. The molecule has 142 valence electrons. The van der Waals surface area contributed by atoms with E-state index in [0.717, 1.165) is 27.9 Å². The first-order valence-electron chi connectivity index (χ1n) is 9.33. The van der Waals surface area contributed by atoms with Crippen molar-refractivity contribution in [1.29, 1.82) is 0 Å². The van der Waals surface area contributed by atoms with E-state index in [1.54, 1.807) is 0 Å². The van der Waals surface area contributed by atoms with Crippen LogP contribution in [-0.4, -0.2) is 15.1 Å². The summed E-state index contributed by atoms with van der Waals surface area (Å²) < 4.78 is 11.2. The molecule has 2 heterocycles. The van der Waals surface area contributed by atoms with Crippen LogP contribution in [-0.2, 0) is 12.0 Å². The molecule has 0 radical (unpaired) electrons. The second-order valence-corrected chi connectivity index (χ2v) is 7.90. The van der Waals surface area contributed by atoms with E-state index in [2.05, 4.69) is 48.0 Å². The quantitative estimate of drug-likeness (QED) is 0.475. The SMILES string of the molecule is Cc1cc(-c2noc(COc3ccc(C(C)(C)C)cc3)n2)c2ccccc2n1. The smallest absolute Gasteiger partial charge is 0.264 e. The Hall–Kier alpha value is -3.21. The van der Waals surface area contributed by atoms with Gasteiger partial charge >= 0.3 is 0 Å². The minimum Gasteiger partial charge on any atom is -0.484 e. The van der Waals surface area contributed by atoms with Crippen LogP contribution in [0.25, 0.3) is 22.3 Å². The van der Waals surface area contributed by atoms with Gasteiger partial charge in [-0.1, -0.05) is 56.3 Å². The van der Waals surface area contributed by atoms with E-state index in [9.17, 15) is 0 Å². The molecule has 0 saturated heterocycles. The summed E-state index contributed by atoms with van der Waals surface area (Å²) in [5.41, 5.74) is 4.12. The van der Waals surface area contributed by atoms with Crippen molar-refractivity contribution in [2.24, 2.45) is 0 Å². The number of hydrogen-bond acceptors (Lipinski definition) is 5. The van der Waals surface area contributed by atoms with Gasteiger partial charge in [-0.25, -0.2) is 0 Å². The van der Waals surface area contributed by atoms with Crippen LogP contribution in [0.3, 0.4) is 0 Å². The fraction of sp³-hybridized carbons (Fsp3) is 0.261. The molecule has 0 saturated carbocycles. The number of nitrogens with zero attached hydrogens (tertiary/aromatic N) is 3. The monoisotopic (exact) mass is 373 g/mol. The van der Waals surface area contributed by atoms with Crippen LogP contribution >= 0.6 is 0 Å². The lowest BCUT2D eigenvalue weighted by Gasteiger charge is -2.19. The largest absolute Gasteiger partial charge is 0.484 e. The Balaban J connectivity index is 1.53. The Labute approximate surface area is 164 Å². The third-order valence-electron chi connectivity index (χ3n) is 4.64. The summed E-state index contributed by atoms with van der Waals surface area (Å²) in [5.74, 6) is 1.76. The Morgan fingerprint density at radius 3 is 2.46 bits per heavy atom. The van der Waals surface area contributed by atoms with Gasteiger partial charge in [0.2, 0.25) is 5.82 Å². The van der Waals surface area contributed by atoms with E-state index in [1.165, 1.54) is 5.56 Å². The Morgan fingerprint density at radius 1 is 0.964 bits per heavy atom. The third kappa shape index (κ3) is 3.74. The molecular weight excluding hydrogens is 350 g/mol. The zero-order valence-corrected chi connectivity index (χ0v) is 16.6. The van der Waals surface area contributed by atoms with Crippen LogP contribution in [0.4, 0.5) is 0 Å². The number of aryl methyl sites for hydroxylation is 1. The van der Waals surface area contributed by atoms with Crippen LogP contribution in [0.5, 0.6) is 5.75 Å². The lowest BCUT2D eigenvalue weighted by molar-refractivity contribution is 0.243. The van der Waals surface area contributed by atoms with Gasteiger partial charge in [0.05, 0.1) is 5.52 Å². The highest BCUT2D eigenvalue weighted by Gasteiger charge is 2.15. The van der Waals surface area contributed by atoms with E-state index in [-0.39, 0.29) is 12.0 Å². The fourth-order valence-corrected chi connectivity index (χ4v) is 3.11. The number of fused-ring (bicyclic) bond motifs is 1. The van der Waals surface area contributed by atoms with Gasteiger partial charge in [-0.3, -0.25) is 4.98 Å². The van der Waals surface area contributed by atoms with Crippen molar-refractivity contribution in [3.63, 3.8) is 0 Å². The van der Waals surface area contributed by atoms with Crippen molar-refractivity contribution in [1.82, 2.24) is 15.1 Å². The number of para-hydroxylation sites is 1. The van der Waals surface area contributed by atoms with Crippen molar-refractivity contribution in [3.8, 4) is 17.1 Å².